The van der Waals surface area contributed by atoms with Crippen molar-refractivity contribution < 1.29 is 4.74 Å². The topological polar surface area (TPSA) is 35.2 Å². The summed E-state index contributed by atoms with van der Waals surface area (Å²) in [6.45, 7) is 0. The van der Waals surface area contributed by atoms with E-state index in [0.717, 1.165) is 24.9 Å². The van der Waals surface area contributed by atoms with Gasteiger partial charge in [0, 0.05) is 10.2 Å². The maximum absolute atomic E-state index is 5.78. The zero-order chi connectivity index (χ0) is 12.4. The molecule has 0 saturated carbocycles. The van der Waals surface area contributed by atoms with Crippen molar-refractivity contribution in [3.8, 4) is 11.5 Å². The fourth-order valence-electron chi connectivity index (χ4n) is 1.28. The van der Waals surface area contributed by atoms with Crippen LogP contribution in [0.5, 0.6) is 11.5 Å². The highest BCUT2D eigenvalue weighted by Crippen LogP contribution is 2.39. The minimum Gasteiger partial charge on any atom is -0.455 e. The molecule has 2 nitrogen and oxygen atoms in total. The molecule has 0 spiro atoms. The van der Waals surface area contributed by atoms with Gasteiger partial charge in [0.05, 0.1) is 8.95 Å². The Kier molecular flexibility index (Phi) is 4.12. The third kappa shape index (κ3) is 3.24. The summed E-state index contributed by atoms with van der Waals surface area (Å²) in [4.78, 5) is 0. The summed E-state index contributed by atoms with van der Waals surface area (Å²) in [6.07, 6.45) is 0. The van der Waals surface area contributed by atoms with Crippen molar-refractivity contribution in [1.82, 2.24) is 0 Å². The van der Waals surface area contributed by atoms with Crippen LogP contribution < -0.4 is 10.5 Å². The molecule has 0 atom stereocenters. The minimum atomic E-state index is 0.714. The Hall–Kier alpha value is -0.520. The molecule has 0 fully saturated rings. The van der Waals surface area contributed by atoms with E-state index in [1.165, 1.54) is 0 Å². The quantitative estimate of drug-likeness (QED) is 0.663. The molecule has 0 radical (unpaired) electrons. The first-order chi connectivity index (χ1) is 8.06. The summed E-state index contributed by atoms with van der Waals surface area (Å²) in [5, 5.41) is 0. The fraction of sp³-hybridized carbons (Fsp3) is 0. The number of halogens is 3. The van der Waals surface area contributed by atoms with Crippen LogP contribution in [0.3, 0.4) is 0 Å². The molecule has 0 unspecified atom stereocenters. The lowest BCUT2D eigenvalue weighted by Crippen LogP contribution is -1.89. The van der Waals surface area contributed by atoms with Crippen LogP contribution in [0.15, 0.2) is 49.8 Å². The summed E-state index contributed by atoms with van der Waals surface area (Å²) < 4.78 is 8.49. The van der Waals surface area contributed by atoms with Crippen LogP contribution >= 0.6 is 47.8 Å². The normalized spacial score (nSPS) is 10.3. The molecule has 88 valence electrons. The summed E-state index contributed by atoms with van der Waals surface area (Å²) in [5.74, 6) is 1.47. The van der Waals surface area contributed by atoms with Crippen molar-refractivity contribution in [2.75, 3.05) is 5.73 Å². The van der Waals surface area contributed by atoms with E-state index in [1.54, 1.807) is 12.1 Å². The second-order valence-corrected chi connectivity index (χ2v) is 5.99. The van der Waals surface area contributed by atoms with Gasteiger partial charge < -0.3 is 10.5 Å². The standard InChI is InChI=1S/C12H8Br3NO/c13-7-5-10(14)12(11(15)6-7)17-9-3-1-8(16)2-4-9/h1-6H,16H2. The van der Waals surface area contributed by atoms with Crippen molar-refractivity contribution in [2.45, 2.75) is 0 Å². The Labute approximate surface area is 125 Å². The molecule has 0 saturated heterocycles. The van der Waals surface area contributed by atoms with Crippen LogP contribution in [-0.2, 0) is 0 Å². The van der Waals surface area contributed by atoms with E-state index < -0.39 is 0 Å². The highest BCUT2D eigenvalue weighted by Gasteiger charge is 2.09. The first-order valence-corrected chi connectivity index (χ1v) is 7.12. The number of rotatable bonds is 2. The molecule has 0 aliphatic carbocycles. The van der Waals surface area contributed by atoms with E-state index in [-0.39, 0.29) is 0 Å². The maximum Gasteiger partial charge on any atom is 0.155 e. The van der Waals surface area contributed by atoms with E-state index in [1.807, 2.05) is 24.3 Å². The van der Waals surface area contributed by atoms with Crippen LogP contribution in [0.1, 0.15) is 0 Å². The van der Waals surface area contributed by atoms with Gasteiger partial charge in [-0.25, -0.2) is 0 Å². The summed E-state index contributed by atoms with van der Waals surface area (Å²) in [7, 11) is 0. The highest BCUT2D eigenvalue weighted by molar-refractivity contribution is 9.11. The number of benzene rings is 2. The Bertz CT molecular complexity index is 517. The van der Waals surface area contributed by atoms with Crippen LogP contribution in [0.2, 0.25) is 0 Å². The zero-order valence-corrected chi connectivity index (χ0v) is 13.3. The van der Waals surface area contributed by atoms with Gasteiger partial charge in [0.15, 0.2) is 5.75 Å². The predicted molar refractivity (Wildman–Crippen MR) is 80.5 cm³/mol. The molecule has 5 heteroatoms. The highest BCUT2D eigenvalue weighted by atomic mass is 79.9. The van der Waals surface area contributed by atoms with Crippen molar-refractivity contribution in [2.24, 2.45) is 0 Å². The third-order valence-corrected chi connectivity index (χ3v) is 3.70. The molecule has 0 aliphatic rings. The van der Waals surface area contributed by atoms with E-state index in [4.69, 9.17) is 10.5 Å². The van der Waals surface area contributed by atoms with Gasteiger partial charge in [0.25, 0.3) is 0 Å². The number of ether oxygens (including phenoxy) is 1. The van der Waals surface area contributed by atoms with Crippen LogP contribution in [0, 0.1) is 0 Å². The lowest BCUT2D eigenvalue weighted by Gasteiger charge is -2.10. The Balaban J connectivity index is 2.33. The monoisotopic (exact) mass is 419 g/mol. The Morgan fingerprint density at radius 1 is 0.882 bits per heavy atom. The largest absolute Gasteiger partial charge is 0.455 e. The van der Waals surface area contributed by atoms with Gasteiger partial charge in [-0.3, -0.25) is 0 Å². The average Bonchev–Trinajstić information content (AvgIpc) is 2.26. The molecular weight excluding hydrogens is 414 g/mol. The van der Waals surface area contributed by atoms with Gasteiger partial charge in [-0.1, -0.05) is 15.9 Å². The molecular formula is C12H8Br3NO. The van der Waals surface area contributed by atoms with E-state index in [2.05, 4.69) is 47.8 Å². The Morgan fingerprint density at radius 3 is 1.94 bits per heavy atom. The number of anilines is 1. The molecule has 0 heterocycles. The second-order valence-electron chi connectivity index (χ2n) is 3.37. The molecule has 0 amide bonds. The number of nitrogen functional groups attached to an aromatic ring is 1. The third-order valence-electron chi connectivity index (χ3n) is 2.06. The van der Waals surface area contributed by atoms with Crippen molar-refractivity contribution in [1.29, 1.82) is 0 Å². The molecule has 2 rings (SSSR count). The van der Waals surface area contributed by atoms with E-state index >= 15 is 0 Å². The molecule has 2 aromatic rings. The predicted octanol–water partition coefficient (Wildman–Crippen LogP) is 5.35. The molecule has 0 bridgehead atoms. The lowest BCUT2D eigenvalue weighted by molar-refractivity contribution is 0.476. The van der Waals surface area contributed by atoms with Gasteiger partial charge in [0.1, 0.15) is 5.75 Å². The minimum absolute atomic E-state index is 0.714. The zero-order valence-electron chi connectivity index (χ0n) is 8.58. The molecule has 0 aromatic heterocycles. The van der Waals surface area contributed by atoms with Crippen LogP contribution in [-0.4, -0.2) is 0 Å². The summed E-state index contributed by atoms with van der Waals surface area (Å²) >= 11 is 10.3. The van der Waals surface area contributed by atoms with Crippen molar-refractivity contribution in [3.63, 3.8) is 0 Å². The summed E-state index contributed by atoms with van der Waals surface area (Å²) in [6, 6.07) is 11.1. The first-order valence-electron chi connectivity index (χ1n) is 4.74. The van der Waals surface area contributed by atoms with Crippen molar-refractivity contribution in [3.05, 3.63) is 49.8 Å². The maximum atomic E-state index is 5.78. The molecule has 2 N–H and O–H groups in total. The van der Waals surface area contributed by atoms with Crippen LogP contribution in [0.4, 0.5) is 5.69 Å². The smallest absolute Gasteiger partial charge is 0.155 e. The lowest BCUT2D eigenvalue weighted by atomic mass is 10.3. The number of nitrogens with two attached hydrogens (primary N) is 1. The summed E-state index contributed by atoms with van der Waals surface area (Å²) in [5.41, 5.74) is 6.33. The second kappa shape index (κ2) is 5.42. The van der Waals surface area contributed by atoms with Gasteiger partial charge in [-0.05, 0) is 68.3 Å². The average molecular weight is 422 g/mol. The van der Waals surface area contributed by atoms with E-state index in [9.17, 15) is 0 Å². The van der Waals surface area contributed by atoms with Crippen molar-refractivity contribution >= 4 is 53.5 Å². The van der Waals surface area contributed by atoms with Gasteiger partial charge in [0.2, 0.25) is 0 Å². The molecule has 17 heavy (non-hydrogen) atoms. The number of hydrogen-bond donors (Lipinski definition) is 1. The SMILES string of the molecule is Nc1ccc(Oc2c(Br)cc(Br)cc2Br)cc1. The van der Waals surface area contributed by atoms with Crippen LogP contribution in [0.25, 0.3) is 0 Å². The molecule has 0 aliphatic heterocycles. The van der Waals surface area contributed by atoms with Gasteiger partial charge >= 0.3 is 0 Å². The number of hydrogen-bond acceptors (Lipinski definition) is 2. The van der Waals surface area contributed by atoms with E-state index in [0.29, 0.717) is 5.69 Å². The van der Waals surface area contributed by atoms with Gasteiger partial charge in [-0.15, -0.1) is 0 Å². The fourth-order valence-corrected chi connectivity index (χ4v) is 3.70. The Morgan fingerprint density at radius 2 is 1.41 bits per heavy atom. The van der Waals surface area contributed by atoms with Gasteiger partial charge in [-0.2, -0.15) is 0 Å². The molecule has 2 aromatic carbocycles. The first kappa shape index (κ1) is 12.9.